The van der Waals surface area contributed by atoms with E-state index in [1.54, 1.807) is 12.1 Å². The number of hydrogen-bond acceptors (Lipinski definition) is 2. The molecule has 0 saturated carbocycles. The van der Waals surface area contributed by atoms with E-state index in [4.69, 9.17) is 39.5 Å². The Morgan fingerprint density at radius 3 is 2.22 bits per heavy atom. The first-order chi connectivity index (χ1) is 12.9. The number of ether oxygens (including phenoxy) is 1. The van der Waals surface area contributed by atoms with E-state index in [0.717, 1.165) is 25.8 Å². The molecular formula is C20H14Br2Cl3NO. The minimum absolute atomic E-state index is 0.338. The average Bonchev–Trinajstić information content (AvgIpc) is 2.62. The predicted octanol–water partition coefficient (Wildman–Crippen LogP) is 8.36. The summed E-state index contributed by atoms with van der Waals surface area (Å²) in [6, 6.07) is 17.0. The molecule has 2 nitrogen and oxygen atoms in total. The number of halogens is 5. The largest absolute Gasteiger partial charge is 0.486 e. The van der Waals surface area contributed by atoms with Crippen LogP contribution in [0.2, 0.25) is 15.1 Å². The van der Waals surface area contributed by atoms with Gasteiger partial charge in [-0.25, -0.2) is 0 Å². The van der Waals surface area contributed by atoms with E-state index in [1.807, 2.05) is 42.5 Å². The maximum absolute atomic E-state index is 6.21. The van der Waals surface area contributed by atoms with Crippen molar-refractivity contribution in [3.63, 3.8) is 0 Å². The summed E-state index contributed by atoms with van der Waals surface area (Å²) < 4.78 is 7.64. The van der Waals surface area contributed by atoms with Gasteiger partial charge in [0.25, 0.3) is 0 Å². The maximum Gasteiger partial charge on any atom is 0.148 e. The second-order valence-corrected chi connectivity index (χ2v) is 8.71. The van der Waals surface area contributed by atoms with E-state index in [-0.39, 0.29) is 0 Å². The summed E-state index contributed by atoms with van der Waals surface area (Å²) in [5.74, 6) is 0.711. The number of hydrogen-bond donors (Lipinski definition) is 1. The van der Waals surface area contributed by atoms with Gasteiger partial charge < -0.3 is 10.1 Å². The van der Waals surface area contributed by atoms with Gasteiger partial charge in [0, 0.05) is 22.2 Å². The molecule has 0 aliphatic rings. The molecule has 0 radical (unpaired) electrons. The van der Waals surface area contributed by atoms with Crippen LogP contribution in [-0.4, -0.2) is 0 Å². The van der Waals surface area contributed by atoms with E-state index in [2.05, 4.69) is 37.2 Å². The lowest BCUT2D eigenvalue weighted by atomic mass is 10.2. The van der Waals surface area contributed by atoms with Crippen molar-refractivity contribution in [1.29, 1.82) is 0 Å². The van der Waals surface area contributed by atoms with E-state index in [9.17, 15) is 0 Å². The first-order valence-electron chi connectivity index (χ1n) is 7.97. The van der Waals surface area contributed by atoms with E-state index >= 15 is 0 Å². The van der Waals surface area contributed by atoms with Crippen LogP contribution >= 0.6 is 66.7 Å². The molecule has 140 valence electrons. The van der Waals surface area contributed by atoms with Crippen molar-refractivity contribution in [3.05, 3.63) is 89.7 Å². The minimum atomic E-state index is 0.338. The number of anilines is 1. The molecule has 0 aromatic heterocycles. The van der Waals surface area contributed by atoms with Crippen LogP contribution in [-0.2, 0) is 13.2 Å². The van der Waals surface area contributed by atoms with Gasteiger partial charge in [-0.05, 0) is 73.8 Å². The summed E-state index contributed by atoms with van der Waals surface area (Å²) in [6.45, 7) is 0.967. The Morgan fingerprint density at radius 2 is 1.56 bits per heavy atom. The van der Waals surface area contributed by atoms with E-state index in [0.29, 0.717) is 34.0 Å². The van der Waals surface area contributed by atoms with Crippen LogP contribution in [0.3, 0.4) is 0 Å². The van der Waals surface area contributed by atoms with Gasteiger partial charge >= 0.3 is 0 Å². The summed E-state index contributed by atoms with van der Waals surface area (Å²) in [5.41, 5.74) is 2.83. The Morgan fingerprint density at radius 1 is 0.852 bits per heavy atom. The quantitative estimate of drug-likeness (QED) is 0.333. The second-order valence-electron chi connectivity index (χ2n) is 5.75. The van der Waals surface area contributed by atoms with Gasteiger partial charge in [0.2, 0.25) is 0 Å². The zero-order valence-electron chi connectivity index (χ0n) is 13.9. The molecule has 3 aromatic carbocycles. The number of nitrogens with one attached hydrogen (secondary N) is 1. The summed E-state index contributed by atoms with van der Waals surface area (Å²) in [4.78, 5) is 0. The molecule has 3 rings (SSSR count). The SMILES string of the molecule is Clc1ccc(COc2c(Br)cc(CNc3ccccc3Cl)cc2Br)c(Cl)c1. The molecule has 3 aromatic rings. The molecule has 0 atom stereocenters. The lowest BCUT2D eigenvalue weighted by Gasteiger charge is -2.14. The van der Waals surface area contributed by atoms with Crippen LogP contribution < -0.4 is 10.1 Å². The molecular weight excluding hydrogens is 536 g/mol. The Balaban J connectivity index is 1.70. The molecule has 0 saturated heterocycles. The summed E-state index contributed by atoms with van der Waals surface area (Å²) in [5, 5.41) is 5.20. The Kier molecular flexibility index (Phi) is 7.35. The molecule has 0 unspecified atom stereocenters. The van der Waals surface area contributed by atoms with Gasteiger partial charge in [-0.1, -0.05) is 53.0 Å². The molecule has 0 amide bonds. The minimum Gasteiger partial charge on any atom is -0.486 e. The van der Waals surface area contributed by atoms with Crippen molar-refractivity contribution in [2.75, 3.05) is 5.32 Å². The first kappa shape index (κ1) is 20.8. The van der Waals surface area contributed by atoms with Crippen molar-refractivity contribution in [1.82, 2.24) is 0 Å². The zero-order valence-corrected chi connectivity index (χ0v) is 19.3. The molecule has 0 spiro atoms. The van der Waals surface area contributed by atoms with Crippen molar-refractivity contribution < 1.29 is 4.74 Å². The monoisotopic (exact) mass is 547 g/mol. The third-order valence-corrected chi connectivity index (χ3v) is 5.90. The van der Waals surface area contributed by atoms with Crippen LogP contribution in [0.5, 0.6) is 5.75 Å². The lowest BCUT2D eigenvalue weighted by Crippen LogP contribution is -2.02. The maximum atomic E-state index is 6.21. The smallest absolute Gasteiger partial charge is 0.148 e. The number of rotatable bonds is 6. The van der Waals surface area contributed by atoms with Crippen molar-refractivity contribution in [3.8, 4) is 5.75 Å². The first-order valence-corrected chi connectivity index (χ1v) is 10.7. The standard InChI is InChI=1S/C20H14Br2Cl3NO/c21-15-7-12(10-26-19-4-2-1-3-17(19)24)8-16(22)20(15)27-11-13-5-6-14(23)9-18(13)25/h1-9,26H,10-11H2. The van der Waals surface area contributed by atoms with E-state index < -0.39 is 0 Å². The Labute approximate surface area is 190 Å². The van der Waals surface area contributed by atoms with Crippen molar-refractivity contribution in [2.45, 2.75) is 13.2 Å². The van der Waals surface area contributed by atoms with Crippen LogP contribution in [0.25, 0.3) is 0 Å². The van der Waals surface area contributed by atoms with Gasteiger partial charge in [0.15, 0.2) is 0 Å². The fourth-order valence-electron chi connectivity index (χ4n) is 2.44. The second kappa shape index (κ2) is 9.53. The molecule has 7 heteroatoms. The van der Waals surface area contributed by atoms with Crippen LogP contribution in [0.15, 0.2) is 63.5 Å². The highest BCUT2D eigenvalue weighted by Crippen LogP contribution is 2.36. The summed E-state index contributed by atoms with van der Waals surface area (Å²) in [7, 11) is 0. The van der Waals surface area contributed by atoms with Crippen molar-refractivity contribution in [2.24, 2.45) is 0 Å². The van der Waals surface area contributed by atoms with Gasteiger partial charge in [-0.3, -0.25) is 0 Å². The van der Waals surface area contributed by atoms with Gasteiger partial charge in [-0.15, -0.1) is 0 Å². The lowest BCUT2D eigenvalue weighted by molar-refractivity contribution is 0.302. The molecule has 0 aliphatic carbocycles. The van der Waals surface area contributed by atoms with E-state index in [1.165, 1.54) is 0 Å². The molecule has 27 heavy (non-hydrogen) atoms. The summed E-state index contributed by atoms with van der Waals surface area (Å²) in [6.07, 6.45) is 0. The number of para-hydroxylation sites is 1. The van der Waals surface area contributed by atoms with Gasteiger partial charge in [0.05, 0.1) is 19.7 Å². The topological polar surface area (TPSA) is 21.3 Å². The predicted molar refractivity (Wildman–Crippen MR) is 121 cm³/mol. The van der Waals surface area contributed by atoms with Crippen molar-refractivity contribution >= 4 is 72.4 Å². The third-order valence-electron chi connectivity index (χ3n) is 3.80. The van der Waals surface area contributed by atoms with Gasteiger partial charge in [-0.2, -0.15) is 0 Å². The molecule has 0 aliphatic heterocycles. The fourth-order valence-corrected chi connectivity index (χ4v) is 4.62. The highest BCUT2D eigenvalue weighted by Gasteiger charge is 2.11. The molecule has 0 heterocycles. The summed E-state index contributed by atoms with van der Waals surface area (Å²) >= 11 is 25.5. The molecule has 0 bridgehead atoms. The fraction of sp³-hybridized carbons (Fsp3) is 0.100. The van der Waals surface area contributed by atoms with Crippen LogP contribution in [0, 0.1) is 0 Å². The Bertz CT molecular complexity index is 943. The normalized spacial score (nSPS) is 10.7. The number of benzene rings is 3. The van der Waals surface area contributed by atoms with Gasteiger partial charge in [0.1, 0.15) is 12.4 Å². The Hall–Kier alpha value is -0.910. The molecule has 1 N–H and O–H groups in total. The van der Waals surface area contributed by atoms with Crippen LogP contribution in [0.1, 0.15) is 11.1 Å². The molecule has 0 fully saturated rings. The van der Waals surface area contributed by atoms with Crippen LogP contribution in [0.4, 0.5) is 5.69 Å². The third kappa shape index (κ3) is 5.55. The highest BCUT2D eigenvalue weighted by molar-refractivity contribution is 9.11. The average molecular weight is 551 g/mol. The zero-order chi connectivity index (χ0) is 19.4. The highest BCUT2D eigenvalue weighted by atomic mass is 79.9.